The van der Waals surface area contributed by atoms with Crippen LogP contribution in [-0.2, 0) is 9.84 Å². The molecule has 3 aliphatic rings. The van der Waals surface area contributed by atoms with Gasteiger partial charge in [-0.15, -0.1) is 0 Å². The average Bonchev–Trinajstić information content (AvgIpc) is 3.10. The second kappa shape index (κ2) is 7.62. The van der Waals surface area contributed by atoms with Gasteiger partial charge in [0.15, 0.2) is 9.84 Å². The predicted molar refractivity (Wildman–Crippen MR) is 121 cm³/mol. The largest absolute Gasteiger partial charge is 0.370 e. The zero-order valence-electron chi connectivity index (χ0n) is 18.4. The molecule has 166 valence electrons. The molecule has 1 aromatic rings. The van der Waals surface area contributed by atoms with Gasteiger partial charge in [-0.1, -0.05) is 20.8 Å². The van der Waals surface area contributed by atoms with Gasteiger partial charge < -0.3 is 20.0 Å². The van der Waals surface area contributed by atoms with Crippen LogP contribution in [0.5, 0.6) is 0 Å². The van der Waals surface area contributed by atoms with E-state index in [-0.39, 0.29) is 28.4 Å². The van der Waals surface area contributed by atoms with Crippen LogP contribution in [0.3, 0.4) is 0 Å². The number of sulfone groups is 1. The van der Waals surface area contributed by atoms with E-state index in [1.54, 1.807) is 0 Å². The van der Waals surface area contributed by atoms with Crippen LogP contribution in [-0.4, -0.2) is 76.7 Å². The maximum atomic E-state index is 12.5. The maximum absolute atomic E-state index is 12.5. The minimum atomic E-state index is -2.87. The molecule has 2 amide bonds. The van der Waals surface area contributed by atoms with Gasteiger partial charge in [-0.25, -0.2) is 13.2 Å². The Hall–Kier alpha value is -1.96. The summed E-state index contributed by atoms with van der Waals surface area (Å²) in [4.78, 5) is 19.0. The molecule has 0 aromatic heterocycles. The fourth-order valence-corrected chi connectivity index (χ4v) is 6.38. The fourth-order valence-electron chi connectivity index (χ4n) is 5.18. The number of likely N-dealkylation sites (tertiary alicyclic amines) is 1. The number of nitrogens with one attached hydrogen (secondary N) is 1. The smallest absolute Gasteiger partial charge is 0.317 e. The third-order valence-electron chi connectivity index (χ3n) is 7.35. The summed E-state index contributed by atoms with van der Waals surface area (Å²) in [6.07, 6.45) is 0.950. The summed E-state index contributed by atoms with van der Waals surface area (Å²) in [5.41, 5.74) is 2.42. The number of benzene rings is 1. The van der Waals surface area contributed by atoms with Gasteiger partial charge in [-0.3, -0.25) is 0 Å². The molecule has 2 atom stereocenters. The van der Waals surface area contributed by atoms with Crippen molar-refractivity contribution in [2.45, 2.75) is 27.2 Å². The number of anilines is 2. The molecule has 1 aromatic carbocycles. The molecule has 3 aliphatic heterocycles. The Morgan fingerprint density at radius 2 is 1.43 bits per heavy atom. The number of fused-ring (bicyclic) bond motifs is 1. The molecular formula is C22H34N4O3S. The molecule has 8 heteroatoms. The van der Waals surface area contributed by atoms with Crippen LogP contribution in [0, 0.1) is 10.8 Å². The lowest BCUT2D eigenvalue weighted by Gasteiger charge is -2.30. The monoisotopic (exact) mass is 434 g/mol. The van der Waals surface area contributed by atoms with Gasteiger partial charge in [0.2, 0.25) is 0 Å². The molecule has 1 N–H and O–H groups in total. The van der Waals surface area contributed by atoms with E-state index in [0.717, 1.165) is 44.8 Å². The summed E-state index contributed by atoms with van der Waals surface area (Å²) in [5, 5.41) is 3.01. The van der Waals surface area contributed by atoms with Crippen LogP contribution in [0.4, 0.5) is 16.2 Å². The second-order valence-corrected chi connectivity index (χ2v) is 12.0. The number of rotatable bonds is 4. The van der Waals surface area contributed by atoms with Crippen molar-refractivity contribution in [2.75, 3.05) is 67.1 Å². The van der Waals surface area contributed by atoms with Gasteiger partial charge in [0.25, 0.3) is 0 Å². The van der Waals surface area contributed by atoms with E-state index >= 15 is 0 Å². The van der Waals surface area contributed by atoms with E-state index in [4.69, 9.17) is 0 Å². The number of amides is 2. The quantitative estimate of drug-likeness (QED) is 0.787. The Balaban J connectivity index is 1.41. The van der Waals surface area contributed by atoms with Crippen LogP contribution in [0.25, 0.3) is 0 Å². The average molecular weight is 435 g/mol. The van der Waals surface area contributed by atoms with E-state index < -0.39 is 9.84 Å². The Kier molecular flexibility index (Phi) is 5.41. The van der Waals surface area contributed by atoms with Crippen molar-refractivity contribution < 1.29 is 13.2 Å². The first-order valence-electron chi connectivity index (χ1n) is 11.0. The van der Waals surface area contributed by atoms with Crippen molar-refractivity contribution in [1.29, 1.82) is 0 Å². The van der Waals surface area contributed by atoms with E-state index in [9.17, 15) is 13.2 Å². The van der Waals surface area contributed by atoms with E-state index in [0.29, 0.717) is 13.1 Å². The van der Waals surface area contributed by atoms with Crippen molar-refractivity contribution in [1.82, 2.24) is 10.2 Å². The van der Waals surface area contributed by atoms with Gasteiger partial charge >= 0.3 is 6.03 Å². The van der Waals surface area contributed by atoms with Gasteiger partial charge in [0.05, 0.1) is 11.5 Å². The van der Waals surface area contributed by atoms with Crippen molar-refractivity contribution in [3.63, 3.8) is 0 Å². The third-order valence-corrected chi connectivity index (χ3v) is 8.96. The van der Waals surface area contributed by atoms with Crippen LogP contribution >= 0.6 is 0 Å². The first-order valence-corrected chi connectivity index (χ1v) is 12.8. The number of nitrogens with zero attached hydrogens (tertiary/aromatic N) is 3. The van der Waals surface area contributed by atoms with Crippen molar-refractivity contribution in [3.8, 4) is 0 Å². The van der Waals surface area contributed by atoms with Crippen LogP contribution in [0.15, 0.2) is 24.3 Å². The van der Waals surface area contributed by atoms with Gasteiger partial charge in [0.1, 0.15) is 0 Å². The fraction of sp³-hybridized carbons (Fsp3) is 0.682. The maximum Gasteiger partial charge on any atom is 0.317 e. The minimum Gasteiger partial charge on any atom is -0.370 e. The first-order chi connectivity index (χ1) is 14.1. The molecule has 0 radical (unpaired) electrons. The molecule has 4 rings (SSSR count). The number of hydrogen-bond acceptors (Lipinski definition) is 5. The molecule has 0 unspecified atom stereocenters. The van der Waals surface area contributed by atoms with Crippen LogP contribution < -0.4 is 15.1 Å². The summed E-state index contributed by atoms with van der Waals surface area (Å²) in [6, 6.07) is 8.58. The standard InChI is InChI=1S/C22H34N4O3S/c1-4-9-23-20(27)26-16-21(2)14-25(15-22(21,3)17-26)19-7-5-18(6-8-19)24-10-12-30(28,29)13-11-24/h5-8H,4,9-17H2,1-3H3,(H,23,27)/t21-,22+. The lowest BCUT2D eigenvalue weighted by atomic mass is 9.71. The highest BCUT2D eigenvalue weighted by atomic mass is 32.2. The second-order valence-electron chi connectivity index (χ2n) is 9.72. The zero-order valence-corrected chi connectivity index (χ0v) is 19.2. The Morgan fingerprint density at radius 1 is 0.933 bits per heavy atom. The normalized spacial score (nSPS) is 30.4. The Morgan fingerprint density at radius 3 is 1.93 bits per heavy atom. The highest BCUT2D eigenvalue weighted by molar-refractivity contribution is 7.91. The molecule has 3 saturated heterocycles. The minimum absolute atomic E-state index is 0.0631. The molecule has 7 nitrogen and oxygen atoms in total. The number of urea groups is 1. The van der Waals surface area contributed by atoms with E-state index in [1.807, 2.05) is 4.90 Å². The van der Waals surface area contributed by atoms with Crippen LogP contribution in [0.2, 0.25) is 0 Å². The van der Waals surface area contributed by atoms with Gasteiger partial charge in [-0.2, -0.15) is 0 Å². The molecule has 0 spiro atoms. The van der Waals surface area contributed by atoms with E-state index in [2.05, 4.69) is 60.2 Å². The lowest BCUT2D eigenvalue weighted by Crippen LogP contribution is -2.42. The molecular weight excluding hydrogens is 400 g/mol. The Bertz CT molecular complexity index is 869. The molecule has 0 aliphatic carbocycles. The summed E-state index contributed by atoms with van der Waals surface area (Å²) in [5.74, 6) is 0.472. The lowest BCUT2D eigenvalue weighted by molar-refractivity contribution is 0.202. The summed E-state index contributed by atoms with van der Waals surface area (Å²) in [7, 11) is -2.87. The highest BCUT2D eigenvalue weighted by Crippen LogP contribution is 2.52. The molecule has 0 bridgehead atoms. The zero-order chi connectivity index (χ0) is 21.6. The number of carbonyl (C=O) groups excluding carboxylic acids is 1. The van der Waals surface area contributed by atoms with Crippen molar-refractivity contribution in [2.24, 2.45) is 10.8 Å². The summed E-state index contributed by atoms with van der Waals surface area (Å²) < 4.78 is 23.3. The van der Waals surface area contributed by atoms with Crippen molar-refractivity contribution >= 4 is 27.2 Å². The predicted octanol–water partition coefficient (Wildman–Crippen LogP) is 2.19. The van der Waals surface area contributed by atoms with Crippen LogP contribution in [0.1, 0.15) is 27.2 Å². The number of carbonyl (C=O) groups is 1. The molecule has 3 heterocycles. The molecule has 30 heavy (non-hydrogen) atoms. The van der Waals surface area contributed by atoms with E-state index in [1.165, 1.54) is 5.69 Å². The SMILES string of the molecule is CCCNC(=O)N1C[C@@]2(C)CN(c3ccc(N4CCS(=O)(=O)CC4)cc3)C[C@@]2(C)C1. The topological polar surface area (TPSA) is 73.0 Å². The molecule has 0 saturated carbocycles. The first kappa shape index (κ1) is 21.3. The summed E-state index contributed by atoms with van der Waals surface area (Å²) in [6.45, 7) is 12.0. The number of hydrogen-bond donors (Lipinski definition) is 1. The summed E-state index contributed by atoms with van der Waals surface area (Å²) >= 11 is 0. The van der Waals surface area contributed by atoms with Crippen molar-refractivity contribution in [3.05, 3.63) is 24.3 Å². The van der Waals surface area contributed by atoms with Gasteiger partial charge in [0, 0.05) is 68.0 Å². The van der Waals surface area contributed by atoms with Gasteiger partial charge in [-0.05, 0) is 30.7 Å². The molecule has 3 fully saturated rings. The third kappa shape index (κ3) is 3.86. The Labute approximate surface area is 180 Å². The highest BCUT2D eigenvalue weighted by Gasteiger charge is 2.58.